The largest absolute Gasteiger partial charge is 0.372 e. The summed E-state index contributed by atoms with van der Waals surface area (Å²) in [6.45, 7) is 11.0. The third kappa shape index (κ3) is 5.46. The van der Waals surface area contributed by atoms with E-state index in [1.54, 1.807) is 0 Å². The minimum Gasteiger partial charge on any atom is -0.372 e. The van der Waals surface area contributed by atoms with E-state index in [-0.39, 0.29) is 6.04 Å². The number of anilines is 2. The van der Waals surface area contributed by atoms with Crippen LogP contribution in [0.25, 0.3) is 0 Å². The number of nitrogens with one attached hydrogen (secondary N) is 2. The molecule has 1 aliphatic rings. The van der Waals surface area contributed by atoms with Gasteiger partial charge in [-0.15, -0.1) is 0 Å². The van der Waals surface area contributed by atoms with Crippen molar-refractivity contribution in [2.45, 2.75) is 46.6 Å². The van der Waals surface area contributed by atoms with Crippen molar-refractivity contribution in [3.05, 3.63) is 59.2 Å². The molecule has 1 unspecified atom stereocenters. The van der Waals surface area contributed by atoms with Gasteiger partial charge in [0.2, 0.25) is 0 Å². The summed E-state index contributed by atoms with van der Waals surface area (Å²) in [5, 5.41) is 7.35. The topological polar surface area (TPSA) is 27.3 Å². The average molecular weight is 382 g/mol. The molecule has 1 heterocycles. The minimum absolute atomic E-state index is 0.159. The fraction of sp³-hybridized carbons (Fsp3) is 0.435. The molecule has 2 aromatic carbocycles. The Morgan fingerprint density at radius 2 is 1.63 bits per heavy atom. The number of aryl methyl sites for hydroxylation is 2. The molecule has 0 amide bonds. The molecule has 2 N–H and O–H groups in total. The molecule has 2 aromatic rings. The molecule has 0 bridgehead atoms. The highest BCUT2D eigenvalue weighted by molar-refractivity contribution is 7.80. The first-order chi connectivity index (χ1) is 12.9. The summed E-state index contributed by atoms with van der Waals surface area (Å²) in [5.41, 5.74) is 6.07. The number of thiocarbonyl (C=S) groups is 1. The SMILES string of the molecule is Cc1cc(C)cc(NC(=S)NC(C)c2ccc(N3CCC(C)CC3)cc2)c1. The third-order valence-corrected chi connectivity index (χ3v) is 5.59. The van der Waals surface area contributed by atoms with Gasteiger partial charge >= 0.3 is 0 Å². The summed E-state index contributed by atoms with van der Waals surface area (Å²) in [6.07, 6.45) is 2.58. The second kappa shape index (κ2) is 8.75. The molecule has 1 fully saturated rings. The van der Waals surface area contributed by atoms with E-state index in [0.717, 1.165) is 24.7 Å². The number of nitrogens with zero attached hydrogens (tertiary/aromatic N) is 1. The maximum Gasteiger partial charge on any atom is 0.171 e. The lowest BCUT2D eigenvalue weighted by atomic mass is 9.98. The Bertz CT molecular complexity index is 756. The van der Waals surface area contributed by atoms with Crippen LogP contribution in [0.1, 0.15) is 49.4 Å². The van der Waals surface area contributed by atoms with Gasteiger partial charge < -0.3 is 15.5 Å². The standard InChI is InChI=1S/C23H31N3S/c1-16-9-11-26(12-10-16)22-7-5-20(6-8-22)19(4)24-23(27)25-21-14-17(2)13-18(3)15-21/h5-8,13-16,19H,9-12H2,1-4H3,(H2,24,25,27). The van der Waals surface area contributed by atoms with Crippen molar-refractivity contribution >= 4 is 28.7 Å². The monoisotopic (exact) mass is 381 g/mol. The van der Waals surface area contributed by atoms with Crippen LogP contribution in [0.15, 0.2) is 42.5 Å². The van der Waals surface area contributed by atoms with Crippen molar-refractivity contribution in [1.29, 1.82) is 0 Å². The zero-order chi connectivity index (χ0) is 19.4. The molecule has 27 heavy (non-hydrogen) atoms. The van der Waals surface area contributed by atoms with Gasteiger partial charge in [0.15, 0.2) is 5.11 Å². The first-order valence-corrected chi connectivity index (χ1v) is 10.3. The van der Waals surface area contributed by atoms with Gasteiger partial charge in [-0.25, -0.2) is 0 Å². The number of hydrogen-bond acceptors (Lipinski definition) is 2. The van der Waals surface area contributed by atoms with Crippen LogP contribution < -0.4 is 15.5 Å². The highest BCUT2D eigenvalue weighted by atomic mass is 32.1. The summed E-state index contributed by atoms with van der Waals surface area (Å²) in [4.78, 5) is 2.49. The maximum absolute atomic E-state index is 5.51. The minimum atomic E-state index is 0.159. The van der Waals surface area contributed by atoms with Gasteiger partial charge in [-0.3, -0.25) is 0 Å². The highest BCUT2D eigenvalue weighted by Gasteiger charge is 2.16. The van der Waals surface area contributed by atoms with Gasteiger partial charge in [-0.1, -0.05) is 25.1 Å². The molecule has 0 spiro atoms. The van der Waals surface area contributed by atoms with Crippen molar-refractivity contribution < 1.29 is 0 Å². The predicted octanol–water partition coefficient (Wildman–Crippen LogP) is 5.59. The Morgan fingerprint density at radius 3 is 2.22 bits per heavy atom. The van der Waals surface area contributed by atoms with Crippen molar-refractivity contribution in [3.63, 3.8) is 0 Å². The molecule has 1 saturated heterocycles. The van der Waals surface area contributed by atoms with Crippen molar-refractivity contribution in [2.75, 3.05) is 23.3 Å². The van der Waals surface area contributed by atoms with E-state index in [0.29, 0.717) is 5.11 Å². The Labute approximate surface area is 169 Å². The van der Waals surface area contributed by atoms with Crippen LogP contribution >= 0.6 is 12.2 Å². The lowest BCUT2D eigenvalue weighted by Gasteiger charge is -2.32. The Kier molecular flexibility index (Phi) is 6.38. The summed E-state index contributed by atoms with van der Waals surface area (Å²) in [6, 6.07) is 15.4. The highest BCUT2D eigenvalue weighted by Crippen LogP contribution is 2.24. The summed E-state index contributed by atoms with van der Waals surface area (Å²) < 4.78 is 0. The van der Waals surface area contributed by atoms with E-state index in [2.05, 4.69) is 85.7 Å². The second-order valence-corrected chi connectivity index (χ2v) is 8.37. The van der Waals surface area contributed by atoms with Crippen LogP contribution in [0.3, 0.4) is 0 Å². The van der Waals surface area contributed by atoms with Gasteiger partial charge in [0.25, 0.3) is 0 Å². The maximum atomic E-state index is 5.51. The van der Waals surface area contributed by atoms with Gasteiger partial charge in [0, 0.05) is 24.5 Å². The quantitative estimate of drug-likeness (QED) is 0.675. The van der Waals surface area contributed by atoms with E-state index in [1.807, 2.05) is 0 Å². The van der Waals surface area contributed by atoms with Crippen molar-refractivity contribution in [1.82, 2.24) is 5.32 Å². The number of rotatable bonds is 4. The molecule has 0 aromatic heterocycles. The van der Waals surface area contributed by atoms with Crippen molar-refractivity contribution in [3.8, 4) is 0 Å². The molecule has 0 aliphatic carbocycles. The van der Waals surface area contributed by atoms with Gasteiger partial charge in [-0.2, -0.15) is 0 Å². The lowest BCUT2D eigenvalue weighted by Crippen LogP contribution is -2.33. The first-order valence-electron chi connectivity index (χ1n) is 9.91. The summed E-state index contributed by atoms with van der Waals surface area (Å²) in [7, 11) is 0. The molecule has 4 heteroatoms. The molecule has 3 rings (SSSR count). The van der Waals surface area contributed by atoms with E-state index in [1.165, 1.54) is 35.2 Å². The fourth-order valence-corrected chi connectivity index (χ4v) is 4.03. The summed E-state index contributed by atoms with van der Waals surface area (Å²) in [5.74, 6) is 0.857. The zero-order valence-electron chi connectivity index (χ0n) is 16.9. The van der Waals surface area contributed by atoms with Gasteiger partial charge in [0.1, 0.15) is 0 Å². The van der Waals surface area contributed by atoms with Crippen LogP contribution in [-0.2, 0) is 0 Å². The van der Waals surface area contributed by atoms with Crippen molar-refractivity contribution in [2.24, 2.45) is 5.92 Å². The normalized spacial score (nSPS) is 16.1. The third-order valence-electron chi connectivity index (χ3n) is 5.37. The molecule has 0 saturated carbocycles. The fourth-order valence-electron chi connectivity index (χ4n) is 3.73. The molecule has 3 nitrogen and oxygen atoms in total. The van der Waals surface area contributed by atoms with Gasteiger partial charge in [0.05, 0.1) is 6.04 Å². The van der Waals surface area contributed by atoms with Crippen LogP contribution in [0.5, 0.6) is 0 Å². The van der Waals surface area contributed by atoms with E-state index in [9.17, 15) is 0 Å². The zero-order valence-corrected chi connectivity index (χ0v) is 17.7. The summed E-state index contributed by atoms with van der Waals surface area (Å²) >= 11 is 5.51. The number of benzene rings is 2. The van der Waals surface area contributed by atoms with Crippen LogP contribution in [-0.4, -0.2) is 18.2 Å². The Hall–Kier alpha value is -2.07. The first kappa shape index (κ1) is 19.7. The number of piperidine rings is 1. The number of hydrogen-bond donors (Lipinski definition) is 2. The van der Waals surface area contributed by atoms with Gasteiger partial charge in [-0.05, 0) is 92.7 Å². The molecular formula is C23H31N3S. The molecule has 0 radical (unpaired) electrons. The average Bonchev–Trinajstić information content (AvgIpc) is 2.61. The molecule has 1 aliphatic heterocycles. The van der Waals surface area contributed by atoms with Crippen LogP contribution in [0.4, 0.5) is 11.4 Å². The van der Waals surface area contributed by atoms with Crippen LogP contribution in [0.2, 0.25) is 0 Å². The predicted molar refractivity (Wildman–Crippen MR) is 121 cm³/mol. The Balaban J connectivity index is 1.57. The molecule has 1 atom stereocenters. The second-order valence-electron chi connectivity index (χ2n) is 7.96. The van der Waals surface area contributed by atoms with Crippen LogP contribution in [0, 0.1) is 19.8 Å². The smallest absolute Gasteiger partial charge is 0.171 e. The molecule has 144 valence electrons. The van der Waals surface area contributed by atoms with E-state index >= 15 is 0 Å². The van der Waals surface area contributed by atoms with E-state index in [4.69, 9.17) is 12.2 Å². The molecular weight excluding hydrogens is 350 g/mol. The Morgan fingerprint density at radius 1 is 1.04 bits per heavy atom. The van der Waals surface area contributed by atoms with E-state index < -0.39 is 0 Å². The lowest BCUT2D eigenvalue weighted by molar-refractivity contribution is 0.438.